The van der Waals surface area contributed by atoms with Gasteiger partial charge in [-0.1, -0.05) is 58.6 Å². The number of carbonyl (C=O) groups excluding carboxylic acids is 2. The molecule has 2 heterocycles. The Kier molecular flexibility index (Phi) is 10.1. The molecule has 8 heteroatoms. The number of likely N-dealkylation sites (N-methyl/N-ethyl adjacent to an activating group) is 1. The number of benzene rings is 2. The van der Waals surface area contributed by atoms with Crippen LogP contribution in [-0.4, -0.2) is 96.9 Å². The molecule has 0 spiro atoms. The summed E-state index contributed by atoms with van der Waals surface area (Å²) in [6.45, 7) is 14.1. The summed E-state index contributed by atoms with van der Waals surface area (Å²) in [7, 11) is 3.64. The lowest BCUT2D eigenvalue weighted by Crippen LogP contribution is -2.60. The van der Waals surface area contributed by atoms with Crippen molar-refractivity contribution in [2.45, 2.75) is 64.3 Å². The minimum Gasteiger partial charge on any atom is -0.347 e. The van der Waals surface area contributed by atoms with Gasteiger partial charge < -0.3 is 14.7 Å². The van der Waals surface area contributed by atoms with Crippen LogP contribution in [0.1, 0.15) is 55.4 Å². The lowest BCUT2D eigenvalue weighted by atomic mass is 9.71. The molecule has 2 aliphatic rings. The van der Waals surface area contributed by atoms with Crippen molar-refractivity contribution in [2.75, 3.05) is 59.9 Å². The first-order chi connectivity index (χ1) is 19.3. The van der Waals surface area contributed by atoms with Gasteiger partial charge in [-0.15, -0.1) is 0 Å². The SMILES string of the molecule is Cc1cc(C)cc(CC(=O)N2CCCC(CCN3CCN(C(C)(C)C(=O)N(C)C)CC3)(c3ccc(Cl)c(Cl)c3)C2)c1. The Hall–Kier alpha value is -2.12. The number of piperazine rings is 1. The molecule has 0 aliphatic carbocycles. The second-order valence-corrected chi connectivity index (χ2v) is 13.7. The quantitative estimate of drug-likeness (QED) is 0.396. The van der Waals surface area contributed by atoms with Gasteiger partial charge in [-0.3, -0.25) is 14.5 Å². The fourth-order valence-electron chi connectivity index (χ4n) is 6.80. The fourth-order valence-corrected chi connectivity index (χ4v) is 7.10. The lowest BCUT2D eigenvalue weighted by Gasteiger charge is -2.46. The maximum atomic E-state index is 13.6. The maximum absolute atomic E-state index is 13.6. The Balaban J connectivity index is 1.48. The first-order valence-electron chi connectivity index (χ1n) is 14.8. The summed E-state index contributed by atoms with van der Waals surface area (Å²) < 4.78 is 0. The molecule has 1 atom stereocenters. The van der Waals surface area contributed by atoms with E-state index in [-0.39, 0.29) is 17.2 Å². The Morgan fingerprint density at radius 3 is 2.20 bits per heavy atom. The number of halogens is 2. The molecular formula is C33H46Cl2N4O2. The fraction of sp³-hybridized carbons (Fsp3) is 0.576. The molecule has 0 radical (unpaired) electrons. The van der Waals surface area contributed by atoms with E-state index in [2.05, 4.69) is 52.8 Å². The van der Waals surface area contributed by atoms with E-state index in [0.29, 0.717) is 23.0 Å². The van der Waals surface area contributed by atoms with Crippen LogP contribution in [0.15, 0.2) is 36.4 Å². The van der Waals surface area contributed by atoms with Gasteiger partial charge in [0.2, 0.25) is 11.8 Å². The highest BCUT2D eigenvalue weighted by molar-refractivity contribution is 6.42. The molecular weight excluding hydrogens is 555 g/mol. The van der Waals surface area contributed by atoms with Crippen LogP contribution in [0.25, 0.3) is 0 Å². The number of likely N-dealkylation sites (tertiary alicyclic amines) is 1. The molecule has 0 bridgehead atoms. The third-order valence-corrected chi connectivity index (χ3v) is 9.84. The number of aryl methyl sites for hydroxylation is 2. The molecule has 4 rings (SSSR count). The van der Waals surface area contributed by atoms with Gasteiger partial charge in [0.1, 0.15) is 0 Å². The zero-order chi connectivity index (χ0) is 29.9. The molecule has 2 aromatic carbocycles. The van der Waals surface area contributed by atoms with E-state index in [1.54, 1.807) is 4.90 Å². The number of amides is 2. The molecule has 2 fully saturated rings. The van der Waals surface area contributed by atoms with Crippen molar-refractivity contribution >= 4 is 35.0 Å². The van der Waals surface area contributed by atoms with Crippen molar-refractivity contribution in [3.8, 4) is 0 Å². The molecule has 2 aliphatic heterocycles. The molecule has 6 nitrogen and oxygen atoms in total. The predicted octanol–water partition coefficient (Wildman–Crippen LogP) is 5.59. The zero-order valence-electron chi connectivity index (χ0n) is 25.6. The van der Waals surface area contributed by atoms with Gasteiger partial charge in [0.25, 0.3) is 0 Å². The van der Waals surface area contributed by atoms with Crippen LogP contribution in [-0.2, 0) is 21.4 Å². The van der Waals surface area contributed by atoms with Crippen LogP contribution in [0.5, 0.6) is 0 Å². The molecule has 0 aromatic heterocycles. The Morgan fingerprint density at radius 1 is 0.927 bits per heavy atom. The van der Waals surface area contributed by atoms with Crippen LogP contribution in [0, 0.1) is 13.8 Å². The third kappa shape index (κ3) is 7.45. The predicted molar refractivity (Wildman–Crippen MR) is 169 cm³/mol. The second-order valence-electron chi connectivity index (χ2n) is 12.8. The van der Waals surface area contributed by atoms with Crippen molar-refractivity contribution < 1.29 is 9.59 Å². The van der Waals surface area contributed by atoms with E-state index in [9.17, 15) is 9.59 Å². The van der Waals surface area contributed by atoms with Gasteiger partial charge in [-0.2, -0.15) is 0 Å². The Labute approximate surface area is 256 Å². The van der Waals surface area contributed by atoms with Crippen LogP contribution in [0.4, 0.5) is 0 Å². The maximum Gasteiger partial charge on any atom is 0.242 e. The highest BCUT2D eigenvalue weighted by Crippen LogP contribution is 2.40. The van der Waals surface area contributed by atoms with Gasteiger partial charge >= 0.3 is 0 Å². The highest BCUT2D eigenvalue weighted by atomic mass is 35.5. The molecule has 2 amide bonds. The smallest absolute Gasteiger partial charge is 0.242 e. The number of carbonyl (C=O) groups is 2. The van der Waals surface area contributed by atoms with Crippen molar-refractivity contribution in [2.24, 2.45) is 0 Å². The normalized spacial score (nSPS) is 20.7. The van der Waals surface area contributed by atoms with Crippen LogP contribution in [0.3, 0.4) is 0 Å². The van der Waals surface area contributed by atoms with Crippen LogP contribution < -0.4 is 0 Å². The molecule has 1 unspecified atom stereocenters. The highest BCUT2D eigenvalue weighted by Gasteiger charge is 2.41. The summed E-state index contributed by atoms with van der Waals surface area (Å²) in [6, 6.07) is 12.4. The zero-order valence-corrected chi connectivity index (χ0v) is 27.1. The van der Waals surface area contributed by atoms with E-state index in [4.69, 9.17) is 23.2 Å². The average molecular weight is 602 g/mol. The molecule has 41 heavy (non-hydrogen) atoms. The first-order valence-corrected chi connectivity index (χ1v) is 15.6. The summed E-state index contributed by atoms with van der Waals surface area (Å²) in [5, 5.41) is 1.11. The van der Waals surface area contributed by atoms with Crippen molar-refractivity contribution in [3.05, 3.63) is 68.7 Å². The van der Waals surface area contributed by atoms with Gasteiger partial charge in [-0.25, -0.2) is 0 Å². The third-order valence-electron chi connectivity index (χ3n) is 9.10. The summed E-state index contributed by atoms with van der Waals surface area (Å²) in [6.07, 6.45) is 3.30. The van der Waals surface area contributed by atoms with Crippen LogP contribution in [0.2, 0.25) is 10.0 Å². The molecule has 2 aromatic rings. The summed E-state index contributed by atoms with van der Waals surface area (Å²) in [5.74, 6) is 0.317. The number of rotatable bonds is 8. The Bertz CT molecular complexity index is 1240. The number of nitrogens with zero attached hydrogens (tertiary/aromatic N) is 4. The first kappa shape index (κ1) is 31.8. The minimum atomic E-state index is -0.517. The largest absolute Gasteiger partial charge is 0.347 e. The molecule has 0 saturated carbocycles. The van der Waals surface area contributed by atoms with E-state index < -0.39 is 5.54 Å². The summed E-state index contributed by atoms with van der Waals surface area (Å²) >= 11 is 12.8. The van der Waals surface area contributed by atoms with Gasteiger partial charge in [0.05, 0.1) is 22.0 Å². The summed E-state index contributed by atoms with van der Waals surface area (Å²) in [5.41, 5.74) is 3.90. The van der Waals surface area contributed by atoms with Gasteiger partial charge in [0.15, 0.2) is 0 Å². The van der Waals surface area contributed by atoms with E-state index in [1.165, 1.54) is 11.1 Å². The van der Waals surface area contributed by atoms with Crippen LogP contribution >= 0.6 is 23.2 Å². The number of hydrogen-bond acceptors (Lipinski definition) is 4. The second kappa shape index (κ2) is 13.0. The van der Waals surface area contributed by atoms with E-state index >= 15 is 0 Å². The van der Waals surface area contributed by atoms with E-state index in [1.807, 2.05) is 40.1 Å². The standard InChI is InChI=1S/C33H46Cl2N4O2/c1-24-18-25(2)20-26(19-24)21-30(40)38-12-7-10-33(23-38,27-8-9-28(34)29(35)22-27)11-13-37-14-16-39(17-15-37)32(3,4)31(41)36(5)6/h8-9,18-20,22H,7,10-17,21,23H2,1-6H3. The van der Waals surface area contributed by atoms with Crippen molar-refractivity contribution in [1.29, 1.82) is 0 Å². The van der Waals surface area contributed by atoms with Crippen molar-refractivity contribution in [1.82, 2.24) is 19.6 Å². The lowest BCUT2D eigenvalue weighted by molar-refractivity contribution is -0.141. The van der Waals surface area contributed by atoms with Crippen molar-refractivity contribution in [3.63, 3.8) is 0 Å². The molecule has 224 valence electrons. The number of piperidine rings is 1. The average Bonchev–Trinajstić information content (AvgIpc) is 2.92. The van der Waals surface area contributed by atoms with E-state index in [0.717, 1.165) is 69.7 Å². The summed E-state index contributed by atoms with van der Waals surface area (Å²) in [4.78, 5) is 34.9. The number of hydrogen-bond donors (Lipinski definition) is 0. The molecule has 2 saturated heterocycles. The van der Waals surface area contributed by atoms with Gasteiger partial charge in [0, 0.05) is 58.8 Å². The van der Waals surface area contributed by atoms with Gasteiger partial charge in [-0.05, 0) is 76.8 Å². The topological polar surface area (TPSA) is 47.1 Å². The minimum absolute atomic E-state index is 0.136. The monoisotopic (exact) mass is 600 g/mol. The Morgan fingerprint density at radius 2 is 1.59 bits per heavy atom. The molecule has 0 N–H and O–H groups in total.